The molecule has 1 unspecified atom stereocenters. The van der Waals surface area contributed by atoms with Gasteiger partial charge in [-0.25, -0.2) is 0 Å². The zero-order valence-electron chi connectivity index (χ0n) is 11.6. The number of halogens is 4. The van der Waals surface area contributed by atoms with Gasteiger partial charge in [0, 0.05) is 18.5 Å². The Morgan fingerprint density at radius 3 is 2.68 bits per heavy atom. The second-order valence-corrected chi connectivity index (χ2v) is 5.38. The van der Waals surface area contributed by atoms with Crippen LogP contribution in [0.4, 0.5) is 13.2 Å². The number of hydrogen-bond donors (Lipinski definition) is 0. The summed E-state index contributed by atoms with van der Waals surface area (Å²) in [7, 11) is 0. The standard InChI is InChI=1S/C14H13ClF3NO3/c1-8(20)9-2-3-11(10(15)6-9)22-12-4-5-19(13(12)21)7-14(16,17)18/h2-3,6,12H,4-5,7H2,1H3. The van der Waals surface area contributed by atoms with E-state index in [1.165, 1.54) is 25.1 Å². The van der Waals surface area contributed by atoms with E-state index < -0.39 is 24.7 Å². The number of carbonyl (C=O) groups is 2. The SMILES string of the molecule is CC(=O)c1ccc(OC2CCN(CC(F)(F)F)C2=O)c(Cl)c1. The maximum Gasteiger partial charge on any atom is 0.406 e. The Labute approximate surface area is 129 Å². The third kappa shape index (κ3) is 3.91. The number of rotatable bonds is 4. The van der Waals surface area contributed by atoms with E-state index in [1.54, 1.807) is 0 Å². The third-order valence-electron chi connectivity index (χ3n) is 3.23. The summed E-state index contributed by atoms with van der Waals surface area (Å²) in [5, 5.41) is 0.134. The van der Waals surface area contributed by atoms with Crippen LogP contribution in [0.15, 0.2) is 18.2 Å². The molecule has 8 heteroatoms. The fourth-order valence-electron chi connectivity index (χ4n) is 2.16. The van der Waals surface area contributed by atoms with Crippen molar-refractivity contribution in [3.8, 4) is 5.75 Å². The quantitative estimate of drug-likeness (QED) is 0.794. The molecular formula is C14H13ClF3NO3. The minimum Gasteiger partial charge on any atom is -0.479 e. The van der Waals surface area contributed by atoms with Crippen LogP contribution in [-0.4, -0.2) is 42.0 Å². The molecule has 0 aromatic heterocycles. The van der Waals surface area contributed by atoms with Crippen molar-refractivity contribution in [3.05, 3.63) is 28.8 Å². The van der Waals surface area contributed by atoms with Crippen molar-refractivity contribution in [2.24, 2.45) is 0 Å². The van der Waals surface area contributed by atoms with Crippen LogP contribution in [0.3, 0.4) is 0 Å². The zero-order chi connectivity index (χ0) is 16.5. The first-order valence-electron chi connectivity index (χ1n) is 6.50. The van der Waals surface area contributed by atoms with Gasteiger partial charge in [0.15, 0.2) is 11.9 Å². The fraction of sp³-hybridized carbons (Fsp3) is 0.429. The summed E-state index contributed by atoms with van der Waals surface area (Å²) in [6.45, 7) is 0.0660. The average Bonchev–Trinajstić information content (AvgIpc) is 2.71. The highest BCUT2D eigenvalue weighted by Crippen LogP contribution is 2.29. The topological polar surface area (TPSA) is 46.6 Å². The monoisotopic (exact) mass is 335 g/mol. The van der Waals surface area contributed by atoms with Gasteiger partial charge in [0.1, 0.15) is 12.3 Å². The fourth-order valence-corrected chi connectivity index (χ4v) is 2.39. The van der Waals surface area contributed by atoms with Crippen LogP contribution in [0.5, 0.6) is 5.75 Å². The van der Waals surface area contributed by atoms with Crippen molar-refractivity contribution in [1.29, 1.82) is 0 Å². The molecule has 120 valence electrons. The molecular weight excluding hydrogens is 323 g/mol. The normalized spacial score (nSPS) is 18.7. The largest absolute Gasteiger partial charge is 0.479 e. The van der Waals surface area contributed by atoms with E-state index in [0.717, 1.165) is 0 Å². The van der Waals surface area contributed by atoms with E-state index in [1.807, 2.05) is 0 Å². The van der Waals surface area contributed by atoms with Gasteiger partial charge < -0.3 is 9.64 Å². The number of ketones is 1. The van der Waals surface area contributed by atoms with E-state index in [-0.39, 0.29) is 29.5 Å². The number of amides is 1. The predicted molar refractivity (Wildman–Crippen MR) is 73.1 cm³/mol. The molecule has 1 aliphatic heterocycles. The molecule has 1 saturated heterocycles. The smallest absolute Gasteiger partial charge is 0.406 e. The molecule has 0 radical (unpaired) electrons. The number of benzene rings is 1. The highest BCUT2D eigenvalue weighted by molar-refractivity contribution is 6.32. The maximum atomic E-state index is 12.3. The zero-order valence-corrected chi connectivity index (χ0v) is 12.4. The first-order chi connectivity index (χ1) is 10.2. The molecule has 22 heavy (non-hydrogen) atoms. The molecule has 1 amide bonds. The molecule has 0 saturated carbocycles. The molecule has 1 fully saturated rings. The van der Waals surface area contributed by atoms with Gasteiger partial charge in [0.25, 0.3) is 5.91 Å². The van der Waals surface area contributed by atoms with Crippen molar-refractivity contribution < 1.29 is 27.5 Å². The molecule has 0 bridgehead atoms. The van der Waals surface area contributed by atoms with Crippen molar-refractivity contribution in [1.82, 2.24) is 4.90 Å². The minimum atomic E-state index is -4.44. The summed E-state index contributed by atoms with van der Waals surface area (Å²) in [5.41, 5.74) is 0.383. The Morgan fingerprint density at radius 2 is 2.14 bits per heavy atom. The molecule has 1 aromatic rings. The van der Waals surface area contributed by atoms with Crippen LogP contribution < -0.4 is 4.74 Å². The molecule has 0 spiro atoms. The third-order valence-corrected chi connectivity index (χ3v) is 3.52. The number of carbonyl (C=O) groups excluding carboxylic acids is 2. The van der Waals surface area contributed by atoms with E-state index in [0.29, 0.717) is 10.5 Å². The first-order valence-corrected chi connectivity index (χ1v) is 6.88. The van der Waals surface area contributed by atoms with Gasteiger partial charge in [-0.1, -0.05) is 11.6 Å². The summed E-state index contributed by atoms with van der Waals surface area (Å²) < 4.78 is 42.4. The second kappa shape index (κ2) is 6.16. The van der Waals surface area contributed by atoms with E-state index >= 15 is 0 Å². The summed E-state index contributed by atoms with van der Waals surface area (Å²) in [6, 6.07) is 4.31. The number of nitrogens with zero attached hydrogens (tertiary/aromatic N) is 1. The first kappa shape index (κ1) is 16.6. The Morgan fingerprint density at radius 1 is 1.45 bits per heavy atom. The summed E-state index contributed by atoms with van der Waals surface area (Å²) >= 11 is 5.96. The van der Waals surface area contributed by atoms with E-state index in [4.69, 9.17) is 16.3 Å². The van der Waals surface area contributed by atoms with Gasteiger partial charge in [-0.3, -0.25) is 9.59 Å². The molecule has 1 atom stereocenters. The van der Waals surface area contributed by atoms with Crippen LogP contribution in [-0.2, 0) is 4.79 Å². The summed E-state index contributed by atoms with van der Waals surface area (Å²) in [6.07, 6.45) is -5.28. The Hall–Kier alpha value is -1.76. The number of ether oxygens (including phenoxy) is 1. The lowest BCUT2D eigenvalue weighted by atomic mass is 10.1. The van der Waals surface area contributed by atoms with Crippen LogP contribution in [0, 0.1) is 0 Å². The molecule has 4 nitrogen and oxygen atoms in total. The number of alkyl halides is 3. The van der Waals surface area contributed by atoms with Crippen molar-refractivity contribution in [2.45, 2.75) is 25.6 Å². The van der Waals surface area contributed by atoms with E-state index in [9.17, 15) is 22.8 Å². The average molecular weight is 336 g/mol. The molecule has 1 aromatic carbocycles. The van der Waals surface area contributed by atoms with Crippen molar-refractivity contribution in [2.75, 3.05) is 13.1 Å². The number of hydrogen-bond acceptors (Lipinski definition) is 3. The molecule has 0 N–H and O–H groups in total. The van der Waals surface area contributed by atoms with Gasteiger partial charge in [0.2, 0.25) is 0 Å². The summed E-state index contributed by atoms with van der Waals surface area (Å²) in [5.74, 6) is -0.732. The molecule has 2 rings (SSSR count). The molecule has 1 aliphatic rings. The Bertz CT molecular complexity index is 603. The van der Waals surface area contributed by atoms with E-state index in [2.05, 4.69) is 0 Å². The van der Waals surface area contributed by atoms with Gasteiger partial charge in [-0.2, -0.15) is 13.2 Å². The number of Topliss-reactive ketones (excluding diaryl/α,β-unsaturated/α-hetero) is 1. The van der Waals surface area contributed by atoms with Crippen LogP contribution in [0.2, 0.25) is 5.02 Å². The Kier molecular flexibility index (Phi) is 4.65. The number of likely N-dealkylation sites (tertiary alicyclic amines) is 1. The van der Waals surface area contributed by atoms with Crippen LogP contribution >= 0.6 is 11.6 Å². The van der Waals surface area contributed by atoms with Crippen molar-refractivity contribution in [3.63, 3.8) is 0 Å². The summed E-state index contributed by atoms with van der Waals surface area (Å²) in [4.78, 5) is 23.8. The highest BCUT2D eigenvalue weighted by Gasteiger charge is 2.40. The lowest BCUT2D eigenvalue weighted by Crippen LogP contribution is -2.38. The van der Waals surface area contributed by atoms with Gasteiger partial charge >= 0.3 is 6.18 Å². The lowest BCUT2D eigenvalue weighted by molar-refractivity contribution is -0.159. The lowest BCUT2D eigenvalue weighted by Gasteiger charge is -2.19. The van der Waals surface area contributed by atoms with Crippen molar-refractivity contribution >= 4 is 23.3 Å². The highest BCUT2D eigenvalue weighted by atomic mass is 35.5. The second-order valence-electron chi connectivity index (χ2n) is 4.97. The van der Waals surface area contributed by atoms with Gasteiger partial charge in [-0.15, -0.1) is 0 Å². The molecule has 1 heterocycles. The Balaban J connectivity index is 2.06. The van der Waals surface area contributed by atoms with Gasteiger partial charge in [-0.05, 0) is 25.1 Å². The minimum absolute atomic E-state index is 0.0217. The molecule has 0 aliphatic carbocycles. The van der Waals surface area contributed by atoms with Crippen LogP contribution in [0.1, 0.15) is 23.7 Å². The predicted octanol–water partition coefficient (Wildman–Crippen LogP) is 3.08. The van der Waals surface area contributed by atoms with Gasteiger partial charge in [0.05, 0.1) is 5.02 Å². The van der Waals surface area contributed by atoms with Crippen LogP contribution in [0.25, 0.3) is 0 Å². The maximum absolute atomic E-state index is 12.3.